The van der Waals surface area contributed by atoms with Crippen molar-refractivity contribution in [2.75, 3.05) is 11.9 Å². The van der Waals surface area contributed by atoms with Gasteiger partial charge >= 0.3 is 0 Å². The average molecular weight is 307 g/mol. The van der Waals surface area contributed by atoms with Crippen LogP contribution in [0.2, 0.25) is 5.02 Å². The average Bonchev–Trinajstić information content (AvgIpc) is 2.16. The van der Waals surface area contributed by atoms with E-state index in [2.05, 4.69) is 41.7 Å². The first-order valence-electron chi connectivity index (χ1n) is 5.23. The number of alkyl halides is 1. The van der Waals surface area contributed by atoms with E-state index in [0.717, 1.165) is 11.1 Å². The number of ether oxygens (including phenoxy) is 1. The summed E-state index contributed by atoms with van der Waals surface area (Å²) < 4.78 is 5.69. The van der Waals surface area contributed by atoms with Gasteiger partial charge in [-0.15, -0.1) is 0 Å². The van der Waals surface area contributed by atoms with Crippen molar-refractivity contribution in [2.45, 2.75) is 20.8 Å². The van der Waals surface area contributed by atoms with Crippen LogP contribution in [0.5, 0.6) is 5.75 Å². The topological polar surface area (TPSA) is 22.1 Å². The van der Waals surface area contributed by atoms with Gasteiger partial charge < -0.3 is 4.74 Å². The molecule has 2 nitrogen and oxygen atoms in total. The standard InChI is InChI=1S/C12H17BrClNO/c1-12(2,3)9(5-13)8-16-11-4-10(14)6-15-7-11/h4,6-7,9H,5,8H2,1-3H3. The van der Waals surface area contributed by atoms with Crippen LogP contribution < -0.4 is 4.74 Å². The van der Waals surface area contributed by atoms with Crippen molar-refractivity contribution in [1.82, 2.24) is 4.98 Å². The maximum atomic E-state index is 5.83. The smallest absolute Gasteiger partial charge is 0.139 e. The van der Waals surface area contributed by atoms with Gasteiger partial charge in [0.25, 0.3) is 0 Å². The highest BCUT2D eigenvalue weighted by atomic mass is 79.9. The molecule has 0 aliphatic rings. The van der Waals surface area contributed by atoms with Crippen molar-refractivity contribution in [3.05, 3.63) is 23.5 Å². The molecule has 90 valence electrons. The maximum absolute atomic E-state index is 5.83. The summed E-state index contributed by atoms with van der Waals surface area (Å²) in [6.45, 7) is 7.28. The molecule has 4 heteroatoms. The summed E-state index contributed by atoms with van der Waals surface area (Å²) in [5, 5.41) is 1.52. The number of hydrogen-bond donors (Lipinski definition) is 0. The molecule has 1 heterocycles. The van der Waals surface area contributed by atoms with E-state index in [1.54, 1.807) is 18.5 Å². The lowest BCUT2D eigenvalue weighted by atomic mass is 9.83. The van der Waals surface area contributed by atoms with E-state index in [-0.39, 0.29) is 5.41 Å². The lowest BCUT2D eigenvalue weighted by Crippen LogP contribution is -2.27. The fraction of sp³-hybridized carbons (Fsp3) is 0.583. The summed E-state index contributed by atoms with van der Waals surface area (Å²) in [6, 6.07) is 1.78. The van der Waals surface area contributed by atoms with Crippen molar-refractivity contribution >= 4 is 27.5 Å². The molecule has 0 fully saturated rings. The SMILES string of the molecule is CC(C)(C)C(CBr)COc1cncc(Cl)c1. The van der Waals surface area contributed by atoms with E-state index in [1.807, 2.05) is 0 Å². The monoisotopic (exact) mass is 305 g/mol. The second-order valence-corrected chi connectivity index (χ2v) is 5.95. The van der Waals surface area contributed by atoms with E-state index in [4.69, 9.17) is 16.3 Å². The number of hydrogen-bond acceptors (Lipinski definition) is 2. The Kier molecular flexibility index (Phi) is 5.06. The number of pyridine rings is 1. The van der Waals surface area contributed by atoms with Crippen LogP contribution in [0.25, 0.3) is 0 Å². The summed E-state index contributed by atoms with van der Waals surface area (Å²) in [6.07, 6.45) is 3.28. The van der Waals surface area contributed by atoms with Gasteiger partial charge in [0, 0.05) is 23.5 Å². The summed E-state index contributed by atoms with van der Waals surface area (Å²) in [7, 11) is 0. The predicted molar refractivity (Wildman–Crippen MR) is 71.5 cm³/mol. The Morgan fingerprint density at radius 1 is 1.44 bits per heavy atom. The van der Waals surface area contributed by atoms with Gasteiger partial charge in [0.15, 0.2) is 0 Å². The molecule has 1 atom stereocenters. The van der Waals surface area contributed by atoms with Crippen LogP contribution in [0, 0.1) is 11.3 Å². The third-order valence-electron chi connectivity index (χ3n) is 2.54. The van der Waals surface area contributed by atoms with E-state index in [0.29, 0.717) is 17.5 Å². The third kappa shape index (κ3) is 4.30. The molecule has 1 aromatic heterocycles. The highest BCUT2D eigenvalue weighted by molar-refractivity contribution is 9.09. The van der Waals surface area contributed by atoms with Gasteiger partial charge in [-0.3, -0.25) is 4.98 Å². The third-order valence-corrected chi connectivity index (χ3v) is 3.53. The first kappa shape index (κ1) is 13.8. The molecule has 1 unspecified atom stereocenters. The molecule has 0 N–H and O–H groups in total. The first-order valence-corrected chi connectivity index (χ1v) is 6.72. The van der Waals surface area contributed by atoms with Crippen LogP contribution in [-0.4, -0.2) is 16.9 Å². The Hall–Kier alpha value is -0.280. The molecule has 1 rings (SSSR count). The maximum Gasteiger partial charge on any atom is 0.139 e. The Morgan fingerprint density at radius 2 is 2.12 bits per heavy atom. The van der Waals surface area contributed by atoms with Gasteiger partial charge in [-0.25, -0.2) is 0 Å². The molecule has 0 aliphatic carbocycles. The Balaban J connectivity index is 2.56. The van der Waals surface area contributed by atoms with Gasteiger partial charge in [-0.1, -0.05) is 48.3 Å². The lowest BCUT2D eigenvalue weighted by molar-refractivity contribution is 0.165. The van der Waals surface area contributed by atoms with E-state index in [1.165, 1.54) is 0 Å². The van der Waals surface area contributed by atoms with Crippen molar-refractivity contribution in [1.29, 1.82) is 0 Å². The van der Waals surface area contributed by atoms with E-state index < -0.39 is 0 Å². The zero-order chi connectivity index (χ0) is 12.2. The van der Waals surface area contributed by atoms with E-state index in [9.17, 15) is 0 Å². The van der Waals surface area contributed by atoms with Crippen LogP contribution in [0.15, 0.2) is 18.5 Å². The van der Waals surface area contributed by atoms with Crippen LogP contribution in [0.4, 0.5) is 0 Å². The molecule has 0 saturated heterocycles. The minimum Gasteiger partial charge on any atom is -0.492 e. The Bertz CT molecular complexity index is 338. The van der Waals surface area contributed by atoms with Crippen LogP contribution in [0.1, 0.15) is 20.8 Å². The number of aromatic nitrogens is 1. The molecule has 0 bridgehead atoms. The molecule has 1 aromatic rings. The second kappa shape index (κ2) is 5.87. The second-order valence-electron chi connectivity index (χ2n) is 4.87. The quantitative estimate of drug-likeness (QED) is 0.779. The van der Waals surface area contributed by atoms with Gasteiger partial charge in [-0.2, -0.15) is 0 Å². The lowest BCUT2D eigenvalue weighted by Gasteiger charge is -2.28. The first-order chi connectivity index (χ1) is 7.43. The molecule has 0 saturated carbocycles. The fourth-order valence-electron chi connectivity index (χ4n) is 1.19. The fourth-order valence-corrected chi connectivity index (χ4v) is 2.52. The molecular formula is C12H17BrClNO. The van der Waals surface area contributed by atoms with Crippen molar-refractivity contribution in [3.8, 4) is 5.75 Å². The Morgan fingerprint density at radius 3 is 2.62 bits per heavy atom. The van der Waals surface area contributed by atoms with Gasteiger partial charge in [0.05, 0.1) is 17.8 Å². The molecular weight excluding hydrogens is 289 g/mol. The molecule has 0 aromatic carbocycles. The largest absolute Gasteiger partial charge is 0.492 e. The minimum absolute atomic E-state index is 0.218. The highest BCUT2D eigenvalue weighted by Crippen LogP contribution is 2.28. The van der Waals surface area contributed by atoms with E-state index >= 15 is 0 Å². The molecule has 0 spiro atoms. The van der Waals surface area contributed by atoms with Crippen LogP contribution >= 0.6 is 27.5 Å². The minimum atomic E-state index is 0.218. The molecule has 0 amide bonds. The van der Waals surface area contributed by atoms with Gasteiger partial charge in [-0.05, 0) is 5.41 Å². The summed E-state index contributed by atoms with van der Waals surface area (Å²) >= 11 is 9.35. The van der Waals surface area contributed by atoms with Crippen LogP contribution in [-0.2, 0) is 0 Å². The summed E-state index contributed by atoms with van der Waals surface area (Å²) in [4.78, 5) is 3.98. The number of nitrogens with zero attached hydrogens (tertiary/aromatic N) is 1. The van der Waals surface area contributed by atoms with Crippen molar-refractivity contribution in [2.24, 2.45) is 11.3 Å². The van der Waals surface area contributed by atoms with Gasteiger partial charge in [0.1, 0.15) is 5.75 Å². The van der Waals surface area contributed by atoms with Crippen molar-refractivity contribution < 1.29 is 4.74 Å². The predicted octanol–water partition coefficient (Wildman–Crippen LogP) is 4.17. The zero-order valence-electron chi connectivity index (χ0n) is 9.84. The van der Waals surface area contributed by atoms with Gasteiger partial charge in [0.2, 0.25) is 0 Å². The van der Waals surface area contributed by atoms with Crippen molar-refractivity contribution in [3.63, 3.8) is 0 Å². The Labute approximate surface area is 110 Å². The summed E-state index contributed by atoms with van der Waals surface area (Å²) in [5.74, 6) is 1.18. The molecule has 0 radical (unpaired) electrons. The molecule has 16 heavy (non-hydrogen) atoms. The number of halogens is 2. The zero-order valence-corrected chi connectivity index (χ0v) is 12.2. The van der Waals surface area contributed by atoms with Crippen LogP contribution in [0.3, 0.4) is 0 Å². The normalized spacial score (nSPS) is 13.6. The number of rotatable bonds is 4. The molecule has 0 aliphatic heterocycles. The highest BCUT2D eigenvalue weighted by Gasteiger charge is 2.24. The summed E-state index contributed by atoms with van der Waals surface area (Å²) in [5.41, 5.74) is 0.218.